The summed E-state index contributed by atoms with van der Waals surface area (Å²) in [5.41, 5.74) is 2.06. The molecule has 1 aromatic heterocycles. The van der Waals surface area contributed by atoms with Crippen LogP contribution < -0.4 is 10.0 Å². The van der Waals surface area contributed by atoms with E-state index in [9.17, 15) is 13.2 Å². The quantitative estimate of drug-likeness (QED) is 0.845. The second kappa shape index (κ2) is 4.22. The molecule has 19 heavy (non-hydrogen) atoms. The number of carbonyl (C=O) groups is 1. The Balaban J connectivity index is 1.96. The van der Waals surface area contributed by atoms with E-state index in [1.54, 1.807) is 18.2 Å². The molecule has 1 amide bonds. The van der Waals surface area contributed by atoms with Gasteiger partial charge >= 0.3 is 0 Å². The summed E-state index contributed by atoms with van der Waals surface area (Å²) in [7, 11) is -3.70. The second-order valence-electron chi connectivity index (χ2n) is 4.36. The highest BCUT2D eigenvalue weighted by Crippen LogP contribution is 2.26. The molecule has 0 aliphatic carbocycles. The lowest BCUT2D eigenvalue weighted by Crippen LogP contribution is -2.32. The number of rotatable bonds is 2. The Labute approximate surface area is 113 Å². The molecule has 3 rings (SSSR count). The van der Waals surface area contributed by atoms with Crippen LogP contribution in [0.25, 0.3) is 11.0 Å². The van der Waals surface area contributed by atoms with Crippen molar-refractivity contribution in [2.75, 3.05) is 11.4 Å². The van der Waals surface area contributed by atoms with E-state index in [0.717, 1.165) is 17.2 Å². The van der Waals surface area contributed by atoms with E-state index in [4.69, 9.17) is 5.14 Å². The average molecular weight is 298 g/mol. The molecule has 100 valence electrons. The third-order valence-electron chi connectivity index (χ3n) is 3.10. The standard InChI is InChI=1S/C10H10N4O3S2/c11-19(16,17)7-4-10(15)14(5-7)6-1-2-8-9(3-6)13-18-12-8/h1-3,7H,4-5H2,(H2,11,16,17). The first-order valence-electron chi connectivity index (χ1n) is 5.49. The van der Waals surface area contributed by atoms with Crippen molar-refractivity contribution in [3.63, 3.8) is 0 Å². The highest BCUT2D eigenvalue weighted by Gasteiger charge is 2.37. The molecule has 0 bridgehead atoms. The number of nitrogens with zero attached hydrogens (tertiary/aromatic N) is 3. The van der Waals surface area contributed by atoms with Crippen LogP contribution in [0, 0.1) is 0 Å². The molecule has 1 unspecified atom stereocenters. The number of nitrogens with two attached hydrogens (primary N) is 1. The van der Waals surface area contributed by atoms with Gasteiger partial charge in [-0.2, -0.15) is 8.75 Å². The Hall–Kier alpha value is -1.58. The van der Waals surface area contributed by atoms with E-state index in [0.29, 0.717) is 11.2 Å². The van der Waals surface area contributed by atoms with Gasteiger partial charge in [0.25, 0.3) is 0 Å². The zero-order valence-corrected chi connectivity index (χ0v) is 11.3. The summed E-state index contributed by atoms with van der Waals surface area (Å²) in [6, 6.07) is 5.21. The monoisotopic (exact) mass is 298 g/mol. The number of carbonyl (C=O) groups excluding carboxylic acids is 1. The molecule has 0 radical (unpaired) electrons. The third kappa shape index (κ3) is 2.20. The van der Waals surface area contributed by atoms with E-state index < -0.39 is 15.3 Å². The van der Waals surface area contributed by atoms with Crippen LogP contribution in [-0.4, -0.2) is 34.9 Å². The van der Waals surface area contributed by atoms with Crippen LogP contribution in [-0.2, 0) is 14.8 Å². The molecular formula is C10H10N4O3S2. The maximum absolute atomic E-state index is 11.9. The van der Waals surface area contributed by atoms with Gasteiger partial charge in [-0.3, -0.25) is 4.79 Å². The molecule has 2 N–H and O–H groups in total. The molecule has 1 aromatic carbocycles. The minimum atomic E-state index is -3.70. The first-order chi connectivity index (χ1) is 8.95. The van der Waals surface area contributed by atoms with Gasteiger partial charge in [0.2, 0.25) is 15.9 Å². The van der Waals surface area contributed by atoms with Gasteiger partial charge in [0.05, 0.1) is 11.7 Å². The smallest absolute Gasteiger partial charge is 0.228 e. The lowest BCUT2D eigenvalue weighted by molar-refractivity contribution is -0.117. The topological polar surface area (TPSA) is 106 Å². The fourth-order valence-electron chi connectivity index (χ4n) is 2.08. The van der Waals surface area contributed by atoms with Crippen molar-refractivity contribution in [2.24, 2.45) is 5.14 Å². The van der Waals surface area contributed by atoms with Crippen molar-refractivity contribution in [3.05, 3.63) is 18.2 Å². The predicted molar refractivity (Wildman–Crippen MR) is 71.3 cm³/mol. The number of anilines is 1. The molecule has 1 atom stereocenters. The fraction of sp³-hybridized carbons (Fsp3) is 0.300. The van der Waals surface area contributed by atoms with Crippen molar-refractivity contribution in [1.82, 2.24) is 8.75 Å². The van der Waals surface area contributed by atoms with Crippen molar-refractivity contribution >= 4 is 44.4 Å². The van der Waals surface area contributed by atoms with Gasteiger partial charge in [-0.15, -0.1) is 0 Å². The molecule has 9 heteroatoms. The Morgan fingerprint density at radius 1 is 1.32 bits per heavy atom. The molecule has 2 aromatic rings. The van der Waals surface area contributed by atoms with Gasteiger partial charge in [-0.05, 0) is 18.2 Å². The Kier molecular flexibility index (Phi) is 2.77. The van der Waals surface area contributed by atoms with E-state index in [1.165, 1.54) is 4.90 Å². The van der Waals surface area contributed by atoms with Crippen molar-refractivity contribution in [2.45, 2.75) is 11.7 Å². The molecule has 2 heterocycles. The zero-order chi connectivity index (χ0) is 13.6. The summed E-state index contributed by atoms with van der Waals surface area (Å²) in [4.78, 5) is 13.3. The van der Waals surface area contributed by atoms with Crippen LogP contribution in [0.3, 0.4) is 0 Å². The molecule has 7 nitrogen and oxygen atoms in total. The maximum Gasteiger partial charge on any atom is 0.228 e. The van der Waals surface area contributed by atoms with Gasteiger partial charge in [0, 0.05) is 18.7 Å². The molecular weight excluding hydrogens is 288 g/mol. The van der Waals surface area contributed by atoms with Crippen molar-refractivity contribution < 1.29 is 13.2 Å². The highest BCUT2D eigenvalue weighted by molar-refractivity contribution is 7.89. The van der Waals surface area contributed by atoms with Crippen LogP contribution in [0.2, 0.25) is 0 Å². The Bertz CT molecular complexity index is 755. The second-order valence-corrected chi connectivity index (χ2v) is 6.73. The first-order valence-corrected chi connectivity index (χ1v) is 7.83. The highest BCUT2D eigenvalue weighted by atomic mass is 32.2. The number of benzene rings is 1. The normalized spacial score (nSPS) is 20.4. The molecule has 0 spiro atoms. The Morgan fingerprint density at radius 2 is 2.05 bits per heavy atom. The summed E-state index contributed by atoms with van der Waals surface area (Å²) < 4.78 is 30.8. The van der Waals surface area contributed by atoms with Gasteiger partial charge in [-0.1, -0.05) is 0 Å². The van der Waals surface area contributed by atoms with Gasteiger partial charge in [0.1, 0.15) is 16.3 Å². The number of sulfonamides is 1. The van der Waals surface area contributed by atoms with Gasteiger partial charge < -0.3 is 4.90 Å². The van der Waals surface area contributed by atoms with E-state index in [1.807, 2.05) is 0 Å². The van der Waals surface area contributed by atoms with Crippen LogP contribution >= 0.6 is 11.7 Å². The lowest BCUT2D eigenvalue weighted by atomic mass is 10.2. The van der Waals surface area contributed by atoms with Crippen molar-refractivity contribution in [1.29, 1.82) is 0 Å². The van der Waals surface area contributed by atoms with E-state index in [2.05, 4.69) is 8.75 Å². The lowest BCUT2D eigenvalue weighted by Gasteiger charge is -2.16. The zero-order valence-electron chi connectivity index (χ0n) is 9.68. The minimum absolute atomic E-state index is 0.0772. The number of primary sulfonamides is 1. The predicted octanol–water partition coefficient (Wildman–Crippen LogP) is 0.0851. The maximum atomic E-state index is 11.9. The minimum Gasteiger partial charge on any atom is -0.311 e. The van der Waals surface area contributed by atoms with Crippen LogP contribution in [0.1, 0.15) is 6.42 Å². The average Bonchev–Trinajstić information content (AvgIpc) is 2.92. The molecule has 1 aliphatic heterocycles. The summed E-state index contributed by atoms with van der Waals surface area (Å²) in [6.07, 6.45) is -0.0772. The summed E-state index contributed by atoms with van der Waals surface area (Å²) >= 11 is 1.09. The number of amides is 1. The molecule has 1 aliphatic rings. The van der Waals surface area contributed by atoms with Crippen molar-refractivity contribution in [3.8, 4) is 0 Å². The van der Waals surface area contributed by atoms with Gasteiger partial charge in [0.15, 0.2) is 0 Å². The first kappa shape index (κ1) is 12.5. The number of hydrogen-bond donors (Lipinski definition) is 1. The largest absolute Gasteiger partial charge is 0.311 e. The summed E-state index contributed by atoms with van der Waals surface area (Å²) in [5.74, 6) is -0.249. The molecule has 0 saturated carbocycles. The Morgan fingerprint density at radius 3 is 2.74 bits per heavy atom. The number of aromatic nitrogens is 2. The number of fused-ring (bicyclic) bond motifs is 1. The fourth-order valence-corrected chi connectivity index (χ4v) is 3.33. The SMILES string of the molecule is NS(=O)(=O)C1CC(=O)N(c2ccc3nsnc3c2)C1. The van der Waals surface area contributed by atoms with E-state index in [-0.39, 0.29) is 18.9 Å². The summed E-state index contributed by atoms with van der Waals surface area (Å²) in [5, 5.41) is 4.25. The summed E-state index contributed by atoms with van der Waals surface area (Å²) in [6.45, 7) is 0.0841. The van der Waals surface area contributed by atoms with Crippen LogP contribution in [0.5, 0.6) is 0 Å². The molecule has 1 fully saturated rings. The number of hydrogen-bond acceptors (Lipinski definition) is 6. The van der Waals surface area contributed by atoms with Gasteiger partial charge in [-0.25, -0.2) is 13.6 Å². The molecule has 1 saturated heterocycles. The third-order valence-corrected chi connectivity index (χ3v) is 4.90. The van der Waals surface area contributed by atoms with Crippen LogP contribution in [0.4, 0.5) is 5.69 Å². The van der Waals surface area contributed by atoms with E-state index >= 15 is 0 Å². The van der Waals surface area contributed by atoms with Crippen LogP contribution in [0.15, 0.2) is 18.2 Å².